The zero-order valence-corrected chi connectivity index (χ0v) is 11.8. The van der Waals surface area contributed by atoms with E-state index in [1.807, 2.05) is 23.6 Å². The lowest BCUT2D eigenvalue weighted by Gasteiger charge is -2.10. The number of benzene rings is 1. The summed E-state index contributed by atoms with van der Waals surface area (Å²) in [5.41, 5.74) is 0.943. The van der Waals surface area contributed by atoms with E-state index in [1.165, 1.54) is 6.07 Å². The Hall–Kier alpha value is -2.27. The number of hydrogen-bond acceptors (Lipinski definition) is 5. The van der Waals surface area contributed by atoms with Crippen LogP contribution in [0.4, 0.5) is 0 Å². The highest BCUT2D eigenvalue weighted by Gasteiger charge is 2.13. The second kappa shape index (κ2) is 5.02. The van der Waals surface area contributed by atoms with Gasteiger partial charge >= 0.3 is 5.63 Å². The second-order valence-corrected chi connectivity index (χ2v) is 5.11. The Labute approximate surface area is 119 Å². The molecule has 0 amide bonds. The molecule has 4 nitrogen and oxygen atoms in total. The molecular formula is C15H12O4S. The molecule has 102 valence electrons. The fourth-order valence-electron chi connectivity index (χ4n) is 2.12. The van der Waals surface area contributed by atoms with Crippen LogP contribution >= 0.6 is 11.3 Å². The zero-order chi connectivity index (χ0) is 14.1. The van der Waals surface area contributed by atoms with Crippen molar-refractivity contribution in [1.29, 1.82) is 0 Å². The van der Waals surface area contributed by atoms with Gasteiger partial charge < -0.3 is 13.9 Å². The third-order valence-electron chi connectivity index (χ3n) is 3.04. The van der Waals surface area contributed by atoms with Crippen molar-refractivity contribution in [2.45, 2.75) is 0 Å². The molecule has 0 radical (unpaired) electrons. The predicted octanol–water partition coefficient (Wildman–Crippen LogP) is 3.54. The summed E-state index contributed by atoms with van der Waals surface area (Å²) in [6, 6.07) is 8.91. The lowest BCUT2D eigenvalue weighted by Crippen LogP contribution is -1.99. The average Bonchev–Trinajstić information content (AvgIpc) is 2.98. The monoisotopic (exact) mass is 288 g/mol. The minimum absolute atomic E-state index is 0.381. The minimum atomic E-state index is -0.381. The fraction of sp³-hybridized carbons (Fsp3) is 0.133. The molecule has 0 aliphatic carbocycles. The van der Waals surface area contributed by atoms with E-state index >= 15 is 0 Å². The Balaban J connectivity index is 2.38. The van der Waals surface area contributed by atoms with Gasteiger partial charge in [-0.15, -0.1) is 11.3 Å². The van der Waals surface area contributed by atoms with Crippen LogP contribution in [0.1, 0.15) is 0 Å². The normalized spacial score (nSPS) is 10.7. The van der Waals surface area contributed by atoms with Gasteiger partial charge in [0, 0.05) is 28.0 Å². The van der Waals surface area contributed by atoms with Gasteiger partial charge in [0.1, 0.15) is 5.58 Å². The van der Waals surface area contributed by atoms with Crippen LogP contribution < -0.4 is 15.1 Å². The van der Waals surface area contributed by atoms with Crippen LogP contribution in [-0.2, 0) is 0 Å². The smallest absolute Gasteiger partial charge is 0.336 e. The van der Waals surface area contributed by atoms with E-state index in [4.69, 9.17) is 13.9 Å². The molecular weight excluding hydrogens is 276 g/mol. The number of thiophene rings is 1. The molecule has 0 aliphatic rings. The molecule has 0 saturated carbocycles. The first-order valence-electron chi connectivity index (χ1n) is 5.96. The lowest BCUT2D eigenvalue weighted by atomic mass is 10.1. The summed E-state index contributed by atoms with van der Waals surface area (Å²) in [5.74, 6) is 1.14. The molecule has 0 bridgehead atoms. The molecule has 2 heterocycles. The number of fused-ring (bicyclic) bond motifs is 1. The van der Waals surface area contributed by atoms with Crippen molar-refractivity contribution in [3.05, 3.63) is 46.1 Å². The van der Waals surface area contributed by atoms with Gasteiger partial charge in [-0.25, -0.2) is 4.79 Å². The lowest BCUT2D eigenvalue weighted by molar-refractivity contribution is 0.355. The van der Waals surface area contributed by atoms with E-state index in [9.17, 15) is 4.79 Å². The molecule has 0 saturated heterocycles. The predicted molar refractivity (Wildman–Crippen MR) is 78.9 cm³/mol. The van der Waals surface area contributed by atoms with Crippen molar-refractivity contribution < 1.29 is 13.9 Å². The molecule has 5 heteroatoms. The van der Waals surface area contributed by atoms with Gasteiger partial charge in [-0.05, 0) is 17.5 Å². The van der Waals surface area contributed by atoms with Crippen LogP contribution in [0.2, 0.25) is 0 Å². The van der Waals surface area contributed by atoms with E-state index < -0.39 is 0 Å². The Kier molecular flexibility index (Phi) is 3.20. The molecule has 0 aliphatic heterocycles. The zero-order valence-electron chi connectivity index (χ0n) is 11.0. The third-order valence-corrected chi connectivity index (χ3v) is 3.94. The Morgan fingerprint density at radius 2 is 1.85 bits per heavy atom. The Bertz CT molecular complexity index is 803. The molecule has 0 unspecified atom stereocenters. The van der Waals surface area contributed by atoms with Gasteiger partial charge in [-0.2, -0.15) is 0 Å². The first-order valence-corrected chi connectivity index (χ1v) is 6.84. The molecule has 3 rings (SSSR count). The molecule has 0 atom stereocenters. The van der Waals surface area contributed by atoms with Crippen molar-refractivity contribution in [2.75, 3.05) is 14.2 Å². The van der Waals surface area contributed by atoms with Gasteiger partial charge in [0.2, 0.25) is 0 Å². The second-order valence-electron chi connectivity index (χ2n) is 4.16. The Morgan fingerprint density at radius 1 is 1.10 bits per heavy atom. The first kappa shape index (κ1) is 12.7. The van der Waals surface area contributed by atoms with E-state index in [2.05, 4.69) is 0 Å². The Morgan fingerprint density at radius 3 is 2.50 bits per heavy atom. The van der Waals surface area contributed by atoms with Gasteiger partial charge in [0.15, 0.2) is 11.5 Å². The summed E-state index contributed by atoms with van der Waals surface area (Å²) in [6.07, 6.45) is 0. The van der Waals surface area contributed by atoms with Gasteiger partial charge in [0.05, 0.1) is 14.2 Å². The van der Waals surface area contributed by atoms with Crippen LogP contribution in [-0.4, -0.2) is 14.2 Å². The van der Waals surface area contributed by atoms with Crippen LogP contribution in [0.3, 0.4) is 0 Å². The van der Waals surface area contributed by atoms with E-state index in [1.54, 1.807) is 31.6 Å². The summed E-state index contributed by atoms with van der Waals surface area (Å²) < 4.78 is 15.8. The number of hydrogen-bond donors (Lipinski definition) is 0. The molecule has 1 aromatic carbocycles. The van der Waals surface area contributed by atoms with Crippen LogP contribution in [0.25, 0.3) is 21.4 Å². The highest BCUT2D eigenvalue weighted by Crippen LogP contribution is 2.37. The van der Waals surface area contributed by atoms with Crippen LogP contribution in [0, 0.1) is 0 Å². The van der Waals surface area contributed by atoms with Crippen molar-refractivity contribution in [2.24, 2.45) is 0 Å². The molecule has 0 spiro atoms. The number of rotatable bonds is 3. The summed E-state index contributed by atoms with van der Waals surface area (Å²) in [4.78, 5) is 12.7. The highest BCUT2D eigenvalue weighted by atomic mass is 32.1. The largest absolute Gasteiger partial charge is 0.493 e. The maximum Gasteiger partial charge on any atom is 0.336 e. The highest BCUT2D eigenvalue weighted by molar-refractivity contribution is 7.13. The van der Waals surface area contributed by atoms with Crippen molar-refractivity contribution in [3.8, 4) is 21.9 Å². The molecule has 2 aromatic heterocycles. The molecule has 0 N–H and O–H groups in total. The fourth-order valence-corrected chi connectivity index (χ4v) is 2.88. The maximum absolute atomic E-state index is 11.7. The summed E-state index contributed by atoms with van der Waals surface area (Å²) in [5, 5.41) is 2.79. The van der Waals surface area contributed by atoms with Crippen molar-refractivity contribution in [3.63, 3.8) is 0 Å². The topological polar surface area (TPSA) is 48.7 Å². The summed E-state index contributed by atoms with van der Waals surface area (Å²) >= 11 is 1.57. The van der Waals surface area contributed by atoms with Gasteiger partial charge in [-0.3, -0.25) is 0 Å². The standard InChI is InChI=1S/C15H12O4S/c1-17-12-6-9-10(14-4-3-5-20-14)7-15(16)19-11(9)8-13(12)18-2/h3-8H,1-2H3. The summed E-state index contributed by atoms with van der Waals surface area (Å²) in [6.45, 7) is 0. The molecule has 20 heavy (non-hydrogen) atoms. The number of ether oxygens (including phenoxy) is 2. The maximum atomic E-state index is 11.7. The van der Waals surface area contributed by atoms with E-state index in [-0.39, 0.29) is 5.63 Å². The SMILES string of the molecule is COc1cc2oc(=O)cc(-c3cccs3)c2cc1OC. The van der Waals surface area contributed by atoms with E-state index in [0.29, 0.717) is 17.1 Å². The van der Waals surface area contributed by atoms with Gasteiger partial charge in [-0.1, -0.05) is 6.07 Å². The molecule has 3 aromatic rings. The first-order chi connectivity index (χ1) is 9.72. The quantitative estimate of drug-likeness (QED) is 0.692. The van der Waals surface area contributed by atoms with E-state index in [0.717, 1.165) is 15.8 Å². The van der Waals surface area contributed by atoms with Crippen molar-refractivity contribution in [1.82, 2.24) is 0 Å². The average molecular weight is 288 g/mol. The van der Waals surface area contributed by atoms with Gasteiger partial charge in [0.25, 0.3) is 0 Å². The van der Waals surface area contributed by atoms with Crippen LogP contribution in [0.5, 0.6) is 11.5 Å². The van der Waals surface area contributed by atoms with Crippen LogP contribution in [0.15, 0.2) is 44.9 Å². The molecule has 0 fully saturated rings. The third kappa shape index (κ3) is 2.06. The summed E-state index contributed by atoms with van der Waals surface area (Å²) in [7, 11) is 3.12. The van der Waals surface area contributed by atoms with Crippen molar-refractivity contribution >= 4 is 22.3 Å². The minimum Gasteiger partial charge on any atom is -0.493 e. The number of methoxy groups -OCH3 is 2.